The molecule has 31 heavy (non-hydrogen) atoms. The summed E-state index contributed by atoms with van der Waals surface area (Å²) in [5.74, 6) is 1.13. The van der Waals surface area contributed by atoms with E-state index in [-0.39, 0.29) is 18.6 Å². The van der Waals surface area contributed by atoms with Crippen molar-refractivity contribution in [2.45, 2.75) is 19.5 Å². The lowest BCUT2D eigenvalue weighted by molar-refractivity contribution is -0.123. The SMILES string of the molecule is CC(NC(=O)COc1ccccc1)c1nc2ccccc2n1Cc1c(Cl)cccc1Cl. The normalized spacial score (nSPS) is 12.0. The summed E-state index contributed by atoms with van der Waals surface area (Å²) < 4.78 is 7.58. The quantitative estimate of drug-likeness (QED) is 0.393. The van der Waals surface area contributed by atoms with Crippen LogP contribution in [-0.2, 0) is 11.3 Å². The molecule has 7 heteroatoms. The van der Waals surface area contributed by atoms with Crippen LogP contribution < -0.4 is 10.1 Å². The molecule has 5 nitrogen and oxygen atoms in total. The lowest BCUT2D eigenvalue weighted by atomic mass is 10.2. The van der Waals surface area contributed by atoms with Crippen molar-refractivity contribution in [3.05, 3.63) is 94.2 Å². The number of halogens is 2. The van der Waals surface area contributed by atoms with E-state index in [0.29, 0.717) is 28.2 Å². The summed E-state index contributed by atoms with van der Waals surface area (Å²) in [4.78, 5) is 17.2. The molecule has 0 bridgehead atoms. The van der Waals surface area contributed by atoms with Crippen molar-refractivity contribution in [3.8, 4) is 5.75 Å². The maximum atomic E-state index is 12.5. The molecule has 158 valence electrons. The monoisotopic (exact) mass is 453 g/mol. The van der Waals surface area contributed by atoms with E-state index in [2.05, 4.69) is 5.32 Å². The number of para-hydroxylation sites is 3. The predicted octanol–water partition coefficient (Wildman–Crippen LogP) is 5.65. The first kappa shape index (κ1) is 21.2. The minimum Gasteiger partial charge on any atom is -0.484 e. The lowest BCUT2D eigenvalue weighted by Gasteiger charge is -2.17. The van der Waals surface area contributed by atoms with Gasteiger partial charge in [0.05, 0.1) is 23.6 Å². The largest absolute Gasteiger partial charge is 0.484 e. The van der Waals surface area contributed by atoms with Crippen LogP contribution in [0.3, 0.4) is 0 Å². The molecule has 1 aromatic heterocycles. The number of nitrogens with one attached hydrogen (secondary N) is 1. The van der Waals surface area contributed by atoms with Gasteiger partial charge in [0.2, 0.25) is 0 Å². The van der Waals surface area contributed by atoms with E-state index in [0.717, 1.165) is 16.6 Å². The molecule has 0 aliphatic carbocycles. The number of fused-ring (bicyclic) bond motifs is 1. The minimum atomic E-state index is -0.347. The number of ether oxygens (including phenoxy) is 1. The Hall–Kier alpha value is -3.02. The van der Waals surface area contributed by atoms with Gasteiger partial charge < -0.3 is 14.6 Å². The first-order valence-corrected chi connectivity index (χ1v) is 10.6. The number of aromatic nitrogens is 2. The van der Waals surface area contributed by atoms with Gasteiger partial charge in [0.1, 0.15) is 11.6 Å². The number of amides is 1. The third-order valence-corrected chi connectivity index (χ3v) is 5.65. The molecular formula is C24H21Cl2N3O2. The van der Waals surface area contributed by atoms with Crippen LogP contribution >= 0.6 is 23.2 Å². The van der Waals surface area contributed by atoms with Gasteiger partial charge in [-0.2, -0.15) is 0 Å². The van der Waals surface area contributed by atoms with Crippen LogP contribution in [0, 0.1) is 0 Å². The molecule has 4 rings (SSSR count). The molecule has 1 N–H and O–H groups in total. The van der Waals surface area contributed by atoms with Gasteiger partial charge in [-0.1, -0.05) is 59.6 Å². The Bertz CT molecular complexity index is 1190. The van der Waals surface area contributed by atoms with Crippen LogP contribution in [0.4, 0.5) is 0 Å². The summed E-state index contributed by atoms with van der Waals surface area (Å²) in [6.07, 6.45) is 0. The third-order valence-electron chi connectivity index (χ3n) is 4.94. The average molecular weight is 454 g/mol. The van der Waals surface area contributed by atoms with E-state index in [9.17, 15) is 4.79 Å². The van der Waals surface area contributed by atoms with E-state index in [1.807, 2.05) is 84.3 Å². The van der Waals surface area contributed by atoms with Crippen LogP contribution in [0.5, 0.6) is 5.75 Å². The number of rotatable bonds is 7. The molecule has 3 aromatic carbocycles. The van der Waals surface area contributed by atoms with Crippen molar-refractivity contribution in [1.82, 2.24) is 14.9 Å². The molecule has 1 amide bonds. The lowest BCUT2D eigenvalue weighted by Crippen LogP contribution is -2.32. The minimum absolute atomic E-state index is 0.0784. The Morgan fingerprint density at radius 1 is 1.00 bits per heavy atom. The standard InChI is InChI=1S/C24H21Cl2N3O2/c1-16(27-23(30)15-31-17-8-3-2-4-9-17)24-28-21-12-5-6-13-22(21)29(24)14-18-19(25)10-7-11-20(18)26/h2-13,16H,14-15H2,1H3,(H,27,30). The highest BCUT2D eigenvalue weighted by molar-refractivity contribution is 6.36. The molecule has 0 radical (unpaired) electrons. The number of hydrogen-bond donors (Lipinski definition) is 1. The van der Waals surface area contributed by atoms with E-state index in [1.54, 1.807) is 0 Å². The van der Waals surface area contributed by atoms with Gasteiger partial charge in [-0.05, 0) is 43.3 Å². The molecule has 4 aromatic rings. The summed E-state index contributed by atoms with van der Waals surface area (Å²) in [6.45, 7) is 2.26. The first-order chi connectivity index (χ1) is 15.0. The van der Waals surface area contributed by atoms with Crippen LogP contribution in [0.25, 0.3) is 11.0 Å². The fourth-order valence-corrected chi connectivity index (χ4v) is 3.96. The Morgan fingerprint density at radius 2 is 1.68 bits per heavy atom. The zero-order valence-electron chi connectivity index (χ0n) is 16.9. The Labute approximate surface area is 190 Å². The van der Waals surface area contributed by atoms with Crippen LogP contribution in [-0.4, -0.2) is 22.1 Å². The second-order valence-corrected chi connectivity index (χ2v) is 7.95. The zero-order valence-corrected chi connectivity index (χ0v) is 18.4. The van der Waals surface area contributed by atoms with Gasteiger partial charge in [-0.15, -0.1) is 0 Å². The molecule has 0 aliphatic rings. The second kappa shape index (κ2) is 9.41. The van der Waals surface area contributed by atoms with Crippen molar-refractivity contribution < 1.29 is 9.53 Å². The smallest absolute Gasteiger partial charge is 0.258 e. The number of nitrogens with zero attached hydrogens (tertiary/aromatic N) is 2. The van der Waals surface area contributed by atoms with E-state index in [1.165, 1.54) is 0 Å². The molecular weight excluding hydrogens is 433 g/mol. The second-order valence-electron chi connectivity index (χ2n) is 7.14. The Kier molecular flexibility index (Phi) is 6.44. The van der Waals surface area contributed by atoms with Crippen LogP contribution in [0.1, 0.15) is 24.4 Å². The highest BCUT2D eigenvalue weighted by atomic mass is 35.5. The molecule has 0 aliphatic heterocycles. The zero-order chi connectivity index (χ0) is 21.8. The third kappa shape index (κ3) is 4.84. The Balaban J connectivity index is 1.58. The summed E-state index contributed by atoms with van der Waals surface area (Å²) in [5, 5.41) is 4.14. The summed E-state index contributed by atoms with van der Waals surface area (Å²) in [5.41, 5.74) is 2.58. The Morgan fingerprint density at radius 3 is 2.42 bits per heavy atom. The highest BCUT2D eigenvalue weighted by Gasteiger charge is 2.20. The van der Waals surface area contributed by atoms with Crippen molar-refractivity contribution in [2.75, 3.05) is 6.61 Å². The van der Waals surface area contributed by atoms with Crippen molar-refractivity contribution in [3.63, 3.8) is 0 Å². The number of imidazole rings is 1. The molecule has 1 atom stereocenters. The highest BCUT2D eigenvalue weighted by Crippen LogP contribution is 2.29. The summed E-state index contributed by atoms with van der Waals surface area (Å²) in [6, 6.07) is 22.1. The molecule has 1 unspecified atom stereocenters. The first-order valence-electron chi connectivity index (χ1n) is 9.88. The van der Waals surface area contributed by atoms with E-state index >= 15 is 0 Å². The molecule has 0 saturated heterocycles. The number of hydrogen-bond acceptors (Lipinski definition) is 3. The number of benzene rings is 3. The number of carbonyl (C=O) groups excluding carboxylic acids is 1. The van der Waals surface area contributed by atoms with Crippen molar-refractivity contribution in [1.29, 1.82) is 0 Å². The molecule has 0 spiro atoms. The van der Waals surface area contributed by atoms with E-state index < -0.39 is 0 Å². The average Bonchev–Trinajstić information content (AvgIpc) is 3.14. The van der Waals surface area contributed by atoms with Gasteiger partial charge in [0, 0.05) is 15.6 Å². The maximum Gasteiger partial charge on any atom is 0.258 e. The molecule has 0 saturated carbocycles. The fourth-order valence-electron chi connectivity index (χ4n) is 3.45. The van der Waals surface area contributed by atoms with E-state index in [4.69, 9.17) is 32.9 Å². The van der Waals surface area contributed by atoms with Gasteiger partial charge in [0.25, 0.3) is 5.91 Å². The van der Waals surface area contributed by atoms with Gasteiger partial charge in [-0.3, -0.25) is 4.79 Å². The fraction of sp³-hybridized carbons (Fsp3) is 0.167. The van der Waals surface area contributed by atoms with Gasteiger partial charge >= 0.3 is 0 Å². The van der Waals surface area contributed by atoms with Gasteiger partial charge in [-0.25, -0.2) is 4.98 Å². The van der Waals surface area contributed by atoms with Crippen LogP contribution in [0.15, 0.2) is 72.8 Å². The molecule has 1 heterocycles. The summed E-state index contributed by atoms with van der Waals surface area (Å²) >= 11 is 12.8. The number of carbonyl (C=O) groups is 1. The summed E-state index contributed by atoms with van der Waals surface area (Å²) in [7, 11) is 0. The van der Waals surface area contributed by atoms with Crippen LogP contribution in [0.2, 0.25) is 10.0 Å². The van der Waals surface area contributed by atoms with Crippen molar-refractivity contribution >= 4 is 40.1 Å². The maximum absolute atomic E-state index is 12.5. The molecule has 0 fully saturated rings. The topological polar surface area (TPSA) is 56.1 Å². The van der Waals surface area contributed by atoms with Gasteiger partial charge in [0.15, 0.2) is 6.61 Å². The predicted molar refractivity (Wildman–Crippen MR) is 124 cm³/mol. The van der Waals surface area contributed by atoms with Crippen molar-refractivity contribution in [2.24, 2.45) is 0 Å².